The molecule has 0 aliphatic rings. The Morgan fingerprint density at radius 2 is 1.30 bits per heavy atom. The third kappa shape index (κ3) is 383. The smallest absolute Gasteiger partial charge is 0.759 e. The molecule has 59 valence electrons. The van der Waals surface area contributed by atoms with Crippen molar-refractivity contribution < 1.29 is 71.7 Å². The predicted molar refractivity (Wildman–Crippen MR) is 22.0 cm³/mol. The standard InChI is InChI=1S/Nd.H2O4S.H2O3S/c;1-5(2,3)4;1-4(2)3/h;(H2,1,2,3,4);(H2,1,2,3)/q+3;;/p-3. The molecule has 0 aromatic carbocycles. The minimum atomic E-state index is -5.17. The summed E-state index contributed by atoms with van der Waals surface area (Å²) in [5, 5.41) is 0. The van der Waals surface area contributed by atoms with E-state index in [9.17, 15) is 0 Å². The van der Waals surface area contributed by atoms with Crippen molar-refractivity contribution in [3.8, 4) is 0 Å². The fourth-order valence-electron chi connectivity index (χ4n) is 0. The van der Waals surface area contributed by atoms with Crippen molar-refractivity contribution in [1.29, 1.82) is 0 Å². The average Bonchev–Trinajstić information content (AvgIpc) is 1.19. The van der Waals surface area contributed by atoms with Crippen LogP contribution < -0.4 is 0 Å². The zero-order chi connectivity index (χ0) is 8.08. The van der Waals surface area contributed by atoms with Crippen LogP contribution in [0.3, 0.4) is 0 Å². The molecule has 0 aliphatic carbocycles. The fourth-order valence-corrected chi connectivity index (χ4v) is 0. The summed E-state index contributed by atoms with van der Waals surface area (Å²) in [6.45, 7) is 0. The van der Waals surface area contributed by atoms with Crippen LogP contribution in [0.2, 0.25) is 0 Å². The van der Waals surface area contributed by atoms with E-state index in [1.165, 1.54) is 0 Å². The van der Waals surface area contributed by atoms with Gasteiger partial charge in [0.2, 0.25) is 0 Å². The van der Waals surface area contributed by atoms with Gasteiger partial charge in [-0.2, -0.15) is 0 Å². The largest absolute Gasteiger partial charge is 3.00 e. The third-order valence-corrected chi connectivity index (χ3v) is 0. The van der Waals surface area contributed by atoms with Crippen molar-refractivity contribution in [2.75, 3.05) is 0 Å². The van der Waals surface area contributed by atoms with E-state index in [0.717, 1.165) is 0 Å². The first kappa shape index (κ1) is 17.4. The molecule has 0 aromatic rings. The molecule has 0 saturated heterocycles. The predicted octanol–water partition coefficient (Wildman–Crippen LogP) is -2.00. The minimum absolute atomic E-state index is 0. The zero-order valence-electron chi connectivity index (χ0n) is 4.21. The van der Waals surface area contributed by atoms with Crippen LogP contribution in [-0.4, -0.2) is 30.8 Å². The van der Waals surface area contributed by atoms with Crippen molar-refractivity contribution in [2.24, 2.45) is 0 Å². The molecule has 0 amide bonds. The van der Waals surface area contributed by atoms with Gasteiger partial charge in [0, 0.05) is 10.4 Å². The van der Waals surface area contributed by atoms with Gasteiger partial charge in [0.15, 0.2) is 0 Å². The molecule has 0 aromatic heterocycles. The normalized spacial score (nSPS) is 12.0. The summed E-state index contributed by atoms with van der Waals surface area (Å²) in [5.41, 5.74) is 0. The molecule has 1 atom stereocenters. The Bertz CT molecular complexity index is 154. The molecule has 10 heavy (non-hydrogen) atoms. The fraction of sp³-hybridized carbons (Fsp3) is 0. The van der Waals surface area contributed by atoms with E-state index < -0.39 is 21.8 Å². The van der Waals surface area contributed by atoms with Crippen LogP contribution in [0, 0.1) is 40.8 Å². The molecule has 0 spiro atoms. The van der Waals surface area contributed by atoms with Gasteiger partial charge in [-0.1, -0.05) is 0 Å². The number of hydrogen-bond acceptors (Lipinski definition) is 6. The van der Waals surface area contributed by atoms with E-state index in [-0.39, 0.29) is 40.8 Å². The maximum absolute atomic E-state index is 8.56. The second-order valence-corrected chi connectivity index (χ2v) is 1.88. The van der Waals surface area contributed by atoms with Crippen molar-refractivity contribution in [2.45, 2.75) is 0 Å². The van der Waals surface area contributed by atoms with Gasteiger partial charge in [-0.15, -0.1) is 0 Å². The Labute approximate surface area is 92.4 Å². The summed E-state index contributed by atoms with van der Waals surface area (Å²) in [6, 6.07) is 0. The minimum Gasteiger partial charge on any atom is -0.759 e. The summed E-state index contributed by atoms with van der Waals surface area (Å²) >= 11 is -2.86. The van der Waals surface area contributed by atoms with Gasteiger partial charge in [-0.25, -0.2) is 4.21 Å². The van der Waals surface area contributed by atoms with Crippen LogP contribution in [0.4, 0.5) is 0 Å². The van der Waals surface area contributed by atoms with E-state index >= 15 is 0 Å². The molecular formula is HNdO7S2. The summed E-state index contributed by atoms with van der Waals surface area (Å²) in [7, 11) is -5.17. The van der Waals surface area contributed by atoms with Crippen LogP contribution in [-0.2, 0) is 21.8 Å². The Morgan fingerprint density at radius 1 is 1.30 bits per heavy atom. The van der Waals surface area contributed by atoms with Gasteiger partial charge in [0.05, 0.1) is 11.4 Å². The molecule has 0 heterocycles. The molecule has 0 fully saturated rings. The molecule has 10 heteroatoms. The first-order chi connectivity index (χ1) is 3.73. The van der Waals surface area contributed by atoms with Crippen molar-refractivity contribution >= 4 is 21.8 Å². The molecule has 0 saturated carbocycles. The van der Waals surface area contributed by atoms with Gasteiger partial charge in [0.1, 0.15) is 0 Å². The number of rotatable bonds is 0. The van der Waals surface area contributed by atoms with E-state index in [1.807, 2.05) is 0 Å². The Kier molecular flexibility index (Phi) is 14.6. The zero-order valence-corrected chi connectivity index (χ0v) is 9.05. The van der Waals surface area contributed by atoms with Gasteiger partial charge >= 0.3 is 40.8 Å². The van der Waals surface area contributed by atoms with E-state index in [4.69, 9.17) is 30.8 Å². The van der Waals surface area contributed by atoms with Crippen LogP contribution in [0.5, 0.6) is 0 Å². The summed E-state index contributed by atoms with van der Waals surface area (Å²) in [4.78, 5) is 0. The molecule has 0 aliphatic heterocycles. The first-order valence-corrected chi connectivity index (χ1v) is 3.55. The maximum Gasteiger partial charge on any atom is 3.00 e. The SMILES string of the molecule is O=S(=O)([O-])[O-].O=S([O-])O.[Nd+3]. The molecule has 0 bridgehead atoms. The molecule has 0 rings (SSSR count). The number of hydrogen-bond donors (Lipinski definition) is 1. The molecule has 7 nitrogen and oxygen atoms in total. The first-order valence-electron chi connectivity index (χ1n) is 1.18. The third-order valence-electron chi connectivity index (χ3n) is 0. The molecule has 1 radical (unpaired) electrons. The maximum atomic E-state index is 8.56. The van der Waals surface area contributed by atoms with E-state index in [0.29, 0.717) is 0 Å². The van der Waals surface area contributed by atoms with E-state index in [1.54, 1.807) is 0 Å². The second-order valence-electron chi connectivity index (χ2n) is 0.625. The Balaban J connectivity index is -0.0000000910. The second kappa shape index (κ2) is 8.39. The van der Waals surface area contributed by atoms with Crippen molar-refractivity contribution in [1.82, 2.24) is 0 Å². The molecular weight excluding hydrogens is 320 g/mol. The average molecular weight is 321 g/mol. The van der Waals surface area contributed by atoms with Crippen molar-refractivity contribution in [3.05, 3.63) is 0 Å². The molecule has 1 unspecified atom stereocenters. The topological polar surface area (TPSA) is 141 Å². The van der Waals surface area contributed by atoms with Crippen LogP contribution in [0.15, 0.2) is 0 Å². The monoisotopic (exact) mass is 319 g/mol. The van der Waals surface area contributed by atoms with Crippen LogP contribution in [0.1, 0.15) is 0 Å². The van der Waals surface area contributed by atoms with E-state index in [2.05, 4.69) is 0 Å². The van der Waals surface area contributed by atoms with Crippen molar-refractivity contribution in [3.63, 3.8) is 0 Å². The summed E-state index contributed by atoms with van der Waals surface area (Å²) in [5.74, 6) is 0. The van der Waals surface area contributed by atoms with Gasteiger partial charge in [-0.05, 0) is 0 Å². The Morgan fingerprint density at radius 3 is 1.30 bits per heavy atom. The summed E-state index contributed by atoms with van der Waals surface area (Å²) in [6.07, 6.45) is 0. The van der Waals surface area contributed by atoms with Crippen LogP contribution >= 0.6 is 0 Å². The Hall–Kier alpha value is 1.29. The van der Waals surface area contributed by atoms with Gasteiger partial charge in [-0.3, -0.25) is 8.42 Å². The van der Waals surface area contributed by atoms with Crippen LogP contribution in [0.25, 0.3) is 0 Å². The van der Waals surface area contributed by atoms with Gasteiger partial charge < -0.3 is 18.2 Å². The quantitative estimate of drug-likeness (QED) is 0.309. The summed E-state index contributed by atoms with van der Waals surface area (Å²) < 4.78 is 58.2. The molecule has 1 N–H and O–H groups in total. The van der Waals surface area contributed by atoms with Gasteiger partial charge in [0.25, 0.3) is 0 Å².